The number of thioether (sulfide) groups is 1. The van der Waals surface area contributed by atoms with Crippen LogP contribution in [0.25, 0.3) is 0 Å². The van der Waals surface area contributed by atoms with Crippen LogP contribution in [0.1, 0.15) is 12.5 Å². The zero-order valence-corrected chi connectivity index (χ0v) is 14.7. The zero-order valence-electron chi connectivity index (χ0n) is 13.2. The summed E-state index contributed by atoms with van der Waals surface area (Å²) in [7, 11) is 0. The molecular formula is C18H17ClN4S. The van der Waals surface area contributed by atoms with E-state index >= 15 is 0 Å². The number of benzene rings is 2. The highest BCUT2D eigenvalue weighted by atomic mass is 35.5. The predicted molar refractivity (Wildman–Crippen MR) is 105 cm³/mol. The molecule has 1 aliphatic heterocycles. The Morgan fingerprint density at radius 2 is 1.88 bits per heavy atom. The highest BCUT2D eigenvalue weighted by Crippen LogP contribution is 2.22. The second-order valence-corrected chi connectivity index (χ2v) is 6.61. The van der Waals surface area contributed by atoms with Crippen molar-refractivity contribution < 1.29 is 0 Å². The Hall–Kier alpha value is -2.24. The van der Waals surface area contributed by atoms with Gasteiger partial charge in [0.2, 0.25) is 0 Å². The van der Waals surface area contributed by atoms with Gasteiger partial charge >= 0.3 is 0 Å². The van der Waals surface area contributed by atoms with Crippen molar-refractivity contribution in [1.82, 2.24) is 5.32 Å². The zero-order chi connectivity index (χ0) is 16.8. The van der Waals surface area contributed by atoms with E-state index in [2.05, 4.69) is 20.6 Å². The molecule has 3 rings (SSSR count). The van der Waals surface area contributed by atoms with Crippen LogP contribution in [0.15, 0.2) is 76.5 Å². The molecule has 4 nitrogen and oxygen atoms in total. The monoisotopic (exact) mass is 356 g/mol. The van der Waals surface area contributed by atoms with Crippen LogP contribution in [0.2, 0.25) is 5.02 Å². The Bertz CT molecular complexity index is 782. The fraction of sp³-hybridized carbons (Fsp3) is 0.111. The van der Waals surface area contributed by atoms with E-state index < -0.39 is 0 Å². The maximum atomic E-state index is 5.87. The molecule has 0 unspecified atom stereocenters. The average molecular weight is 357 g/mol. The number of rotatable bonds is 5. The van der Waals surface area contributed by atoms with E-state index in [-0.39, 0.29) is 0 Å². The third-order valence-corrected chi connectivity index (χ3v) is 4.28. The Morgan fingerprint density at radius 1 is 1.17 bits per heavy atom. The van der Waals surface area contributed by atoms with E-state index in [1.807, 2.05) is 61.5 Å². The van der Waals surface area contributed by atoms with Gasteiger partial charge in [0.25, 0.3) is 0 Å². The summed E-state index contributed by atoms with van der Waals surface area (Å²) in [6.07, 6.45) is 1.79. The lowest BCUT2D eigenvalue weighted by molar-refractivity contribution is 0.808. The summed E-state index contributed by atoms with van der Waals surface area (Å²) in [5.74, 6) is 0. The summed E-state index contributed by atoms with van der Waals surface area (Å²) in [5, 5.41) is 8.90. The van der Waals surface area contributed by atoms with Crippen molar-refractivity contribution in [1.29, 1.82) is 0 Å². The van der Waals surface area contributed by atoms with Crippen molar-refractivity contribution >= 4 is 39.4 Å². The van der Waals surface area contributed by atoms with Gasteiger partial charge < -0.3 is 10.6 Å². The molecule has 0 spiro atoms. The maximum absolute atomic E-state index is 5.87. The van der Waals surface area contributed by atoms with Crippen LogP contribution in [-0.2, 0) is 6.54 Å². The first-order valence-corrected chi connectivity index (χ1v) is 8.70. The Balaban J connectivity index is 1.48. The lowest BCUT2D eigenvalue weighted by Gasteiger charge is -2.15. The van der Waals surface area contributed by atoms with Crippen molar-refractivity contribution in [3.8, 4) is 0 Å². The molecule has 0 saturated carbocycles. The van der Waals surface area contributed by atoms with Crippen molar-refractivity contribution in [3.05, 3.63) is 77.1 Å². The van der Waals surface area contributed by atoms with E-state index in [1.165, 1.54) is 17.3 Å². The van der Waals surface area contributed by atoms with Gasteiger partial charge in [0, 0.05) is 29.2 Å². The molecule has 0 bridgehead atoms. The molecule has 2 N–H and O–H groups in total. The van der Waals surface area contributed by atoms with Crippen LogP contribution in [0, 0.1) is 0 Å². The molecule has 0 aromatic heterocycles. The van der Waals surface area contributed by atoms with E-state index in [1.54, 1.807) is 6.20 Å². The van der Waals surface area contributed by atoms with Gasteiger partial charge in [-0.1, -0.05) is 41.9 Å². The minimum atomic E-state index is 0.738. The van der Waals surface area contributed by atoms with E-state index in [0.717, 1.165) is 33.3 Å². The normalized spacial score (nSPS) is 15.7. The number of anilines is 1. The molecule has 0 aliphatic carbocycles. The first-order chi connectivity index (χ1) is 11.7. The number of hydrogen-bond acceptors (Lipinski definition) is 4. The second kappa shape index (κ2) is 8.04. The van der Waals surface area contributed by atoms with Gasteiger partial charge in [-0.15, -0.1) is 0 Å². The Morgan fingerprint density at radius 3 is 2.58 bits per heavy atom. The van der Waals surface area contributed by atoms with Gasteiger partial charge in [-0.05, 0) is 48.5 Å². The largest absolute Gasteiger partial charge is 0.383 e. The molecule has 0 fully saturated rings. The molecule has 0 atom stereocenters. The fourth-order valence-corrected chi connectivity index (χ4v) is 2.69. The molecule has 6 heteroatoms. The quantitative estimate of drug-likeness (QED) is 0.804. The highest BCUT2D eigenvalue weighted by molar-refractivity contribution is 8.29. The first-order valence-electron chi connectivity index (χ1n) is 7.50. The summed E-state index contributed by atoms with van der Waals surface area (Å²) in [5.41, 5.74) is 3.18. The van der Waals surface area contributed by atoms with Gasteiger partial charge in [-0.2, -0.15) is 4.99 Å². The van der Waals surface area contributed by atoms with E-state index in [0.29, 0.717) is 0 Å². The van der Waals surface area contributed by atoms with Crippen molar-refractivity contribution in [3.63, 3.8) is 0 Å². The number of amidine groups is 2. The second-order valence-electron chi connectivity index (χ2n) is 5.21. The van der Waals surface area contributed by atoms with E-state index in [4.69, 9.17) is 11.6 Å². The molecule has 1 aliphatic rings. The lowest BCUT2D eigenvalue weighted by atomic mass is 10.2. The van der Waals surface area contributed by atoms with E-state index in [9.17, 15) is 0 Å². The van der Waals surface area contributed by atoms with Crippen molar-refractivity contribution in [2.45, 2.75) is 13.5 Å². The minimum absolute atomic E-state index is 0.738. The minimum Gasteiger partial charge on any atom is -0.383 e. The standard InChI is InChI=1S/C18H17ClN4S/c1-13(20-12-14-7-9-15(19)10-8-14)11-21-17-23-18(24-17)22-16-5-3-2-4-6-16/h2-11,20H,12H2,1H3,(H,21,22,23)/b13-11-. The van der Waals surface area contributed by atoms with Crippen LogP contribution in [0.5, 0.6) is 0 Å². The molecule has 0 amide bonds. The number of nitrogens with zero attached hydrogens (tertiary/aromatic N) is 2. The average Bonchev–Trinajstić information content (AvgIpc) is 2.57. The number of nitrogens with one attached hydrogen (secondary N) is 2. The number of halogens is 1. The maximum Gasteiger partial charge on any atom is 0.197 e. The predicted octanol–water partition coefficient (Wildman–Crippen LogP) is 4.86. The van der Waals surface area contributed by atoms with Crippen molar-refractivity contribution in [2.75, 3.05) is 5.32 Å². The Kier molecular flexibility index (Phi) is 5.56. The van der Waals surface area contributed by atoms with Crippen LogP contribution >= 0.6 is 23.4 Å². The molecule has 0 saturated heterocycles. The third kappa shape index (κ3) is 4.88. The smallest absolute Gasteiger partial charge is 0.197 e. The third-order valence-electron chi connectivity index (χ3n) is 3.26. The highest BCUT2D eigenvalue weighted by Gasteiger charge is 2.16. The fourth-order valence-electron chi connectivity index (χ4n) is 1.98. The van der Waals surface area contributed by atoms with Crippen LogP contribution in [0.3, 0.4) is 0 Å². The van der Waals surface area contributed by atoms with Gasteiger partial charge in [-0.25, -0.2) is 4.99 Å². The lowest BCUT2D eigenvalue weighted by Crippen LogP contribution is -2.19. The number of hydrogen-bond donors (Lipinski definition) is 2. The number of allylic oxidation sites excluding steroid dienone is 1. The molecular weight excluding hydrogens is 340 g/mol. The topological polar surface area (TPSA) is 48.8 Å². The summed E-state index contributed by atoms with van der Waals surface area (Å²) >= 11 is 7.40. The first kappa shape index (κ1) is 16.6. The van der Waals surface area contributed by atoms with Gasteiger partial charge in [-0.3, -0.25) is 0 Å². The SMILES string of the molecule is C/C(=C/N=C1N=C(Nc2ccccc2)S1)NCc1ccc(Cl)cc1. The summed E-state index contributed by atoms with van der Waals surface area (Å²) < 4.78 is 0. The van der Waals surface area contributed by atoms with Crippen molar-refractivity contribution in [2.24, 2.45) is 9.98 Å². The van der Waals surface area contributed by atoms with Crippen LogP contribution in [0.4, 0.5) is 5.69 Å². The number of para-hydroxylation sites is 1. The molecule has 122 valence electrons. The van der Waals surface area contributed by atoms with Gasteiger partial charge in [0.05, 0.1) is 0 Å². The molecule has 2 aromatic rings. The summed E-state index contributed by atoms with van der Waals surface area (Å²) in [6, 6.07) is 17.7. The molecule has 0 radical (unpaired) electrons. The van der Waals surface area contributed by atoms with Crippen LogP contribution < -0.4 is 10.6 Å². The molecule has 2 aromatic carbocycles. The molecule has 24 heavy (non-hydrogen) atoms. The summed E-state index contributed by atoms with van der Waals surface area (Å²) in [6.45, 7) is 2.72. The molecule has 1 heterocycles. The summed E-state index contributed by atoms with van der Waals surface area (Å²) in [4.78, 5) is 8.70. The van der Waals surface area contributed by atoms with Gasteiger partial charge in [0.1, 0.15) is 0 Å². The Labute approximate surface area is 150 Å². The van der Waals surface area contributed by atoms with Crippen LogP contribution in [-0.4, -0.2) is 10.3 Å². The van der Waals surface area contributed by atoms with Gasteiger partial charge in [0.15, 0.2) is 10.3 Å². The number of aliphatic imine (C=N–C) groups is 2.